The first-order valence-electron chi connectivity index (χ1n) is 28.1. The Morgan fingerprint density at radius 3 is 2.01 bits per heavy atom. The van der Waals surface area contributed by atoms with E-state index in [4.69, 9.17) is 20.9 Å². The predicted octanol–water partition coefficient (Wildman–Crippen LogP) is 11.1. The second-order valence-electron chi connectivity index (χ2n) is 21.4. The molecule has 2 aliphatic rings. The molecule has 0 bridgehead atoms. The highest BCUT2D eigenvalue weighted by Gasteiger charge is 2.41. The van der Waals surface area contributed by atoms with Crippen LogP contribution in [0.2, 0.25) is 0 Å². The van der Waals surface area contributed by atoms with Crippen molar-refractivity contribution < 1.29 is 42.2 Å². The monoisotopic (exact) mass is 1130 g/mol. The lowest BCUT2D eigenvalue weighted by atomic mass is 9.81. The summed E-state index contributed by atoms with van der Waals surface area (Å²) in [5.41, 5.74) is 20.9. The molecule has 444 valence electrons. The Bertz CT molecular complexity index is 2530. The summed E-state index contributed by atoms with van der Waals surface area (Å²) in [5, 5.41) is 10.6. The molecule has 1 aromatic heterocycles. The molecule has 3 aromatic carbocycles. The summed E-state index contributed by atoms with van der Waals surface area (Å²) in [6.07, 6.45) is 7.16. The van der Waals surface area contributed by atoms with E-state index in [-0.39, 0.29) is 58.4 Å². The van der Waals surface area contributed by atoms with Gasteiger partial charge in [0.15, 0.2) is 0 Å². The Balaban J connectivity index is 0.000000393. The first kappa shape index (κ1) is 70.3. The molecule has 0 aliphatic carbocycles. The smallest absolute Gasteiger partial charge is 0.270 e. The molecule has 0 radical (unpaired) electrons. The number of hydrogen-bond donors (Lipinski definition) is 4. The number of nitrogens with one attached hydrogen (secondary N) is 2. The van der Waals surface area contributed by atoms with Gasteiger partial charge in [-0.05, 0) is 100 Å². The molecule has 6 N–H and O–H groups in total. The number of alkyl halides is 2. The topological polar surface area (TPSA) is 213 Å². The van der Waals surface area contributed by atoms with Crippen LogP contribution in [0.4, 0.5) is 8.78 Å². The molecule has 15 nitrogen and oxygen atoms in total. The van der Waals surface area contributed by atoms with Gasteiger partial charge in [-0.1, -0.05) is 115 Å². The number of unbranched alkanes of at least 4 members (excludes halogenated alkanes) is 2. The average molecular weight is 1130 g/mol. The van der Waals surface area contributed by atoms with Gasteiger partial charge in [0.2, 0.25) is 17.7 Å². The van der Waals surface area contributed by atoms with Crippen molar-refractivity contribution in [3.63, 3.8) is 0 Å². The standard InChI is InChI=1S/C23H34N4O2S.C20H29N3O3.C9H10F2.C8H15NO2.C2H6/c1-14(23(3,4)5)22(29)27-12-18(24)10-19(27)21(28)25-11-16-6-8-17(9-7-16)20-15(2)26-13-30-20;1-5-9-25-11-12-26-10-8-21-20(24)17-7-6-15(2)18(13-17)19-14-23(4)22-16(19)3;1-7-3-5-8(6-4-7)9(2,10)11;1-7(10)5-3-2-4-6-8(9)11;1-2/h6-9,13-15,18-20H,10-12,24H2,1-5H3,(H,25,28);6-7,13-14H,5,8-12H2,1-4H3,(H,21,24);3-6H,1-2H3;2-6H2,1H3,(H2,9,11);1-2H3/t14?,15?,18-,19?,20?;;;;/m1..../s1. The third-order valence-electron chi connectivity index (χ3n) is 13.4. The number of Topliss-reactive ketones (excluding diaryl/α,β-unsaturated/α-hetero) is 1. The van der Waals surface area contributed by atoms with E-state index in [2.05, 4.69) is 46.7 Å². The second kappa shape index (κ2) is 35.8. The van der Waals surface area contributed by atoms with Gasteiger partial charge in [-0.3, -0.25) is 28.9 Å². The van der Waals surface area contributed by atoms with E-state index >= 15 is 0 Å². The number of carbonyl (C=O) groups excluding carboxylic acids is 5. The van der Waals surface area contributed by atoms with Crippen molar-refractivity contribution in [3.05, 3.63) is 112 Å². The second-order valence-corrected chi connectivity index (χ2v) is 22.4. The number of ether oxygens (including phenoxy) is 2. The third kappa shape index (κ3) is 25.3. The number of benzene rings is 3. The van der Waals surface area contributed by atoms with Crippen molar-refractivity contribution in [3.8, 4) is 11.1 Å². The average Bonchev–Trinajstić information content (AvgIpc) is 4.13. The first-order chi connectivity index (χ1) is 37.7. The van der Waals surface area contributed by atoms with E-state index in [9.17, 15) is 32.8 Å². The Morgan fingerprint density at radius 2 is 1.48 bits per heavy atom. The van der Waals surface area contributed by atoms with Crippen molar-refractivity contribution >= 4 is 46.7 Å². The van der Waals surface area contributed by atoms with Gasteiger partial charge >= 0.3 is 0 Å². The van der Waals surface area contributed by atoms with E-state index in [0.717, 1.165) is 72.7 Å². The lowest BCUT2D eigenvalue weighted by molar-refractivity contribution is -0.143. The normalized spacial score (nSPS) is 16.8. The molecular weight excluding hydrogens is 1040 g/mol. The first-order valence-corrected chi connectivity index (χ1v) is 29.0. The number of nitrogens with zero attached hydrogens (tertiary/aromatic N) is 4. The van der Waals surface area contributed by atoms with Gasteiger partial charge < -0.3 is 41.3 Å². The van der Waals surface area contributed by atoms with E-state index in [1.54, 1.807) is 40.4 Å². The van der Waals surface area contributed by atoms with Crippen LogP contribution in [0, 0.1) is 32.1 Å². The maximum Gasteiger partial charge on any atom is 0.270 e. The van der Waals surface area contributed by atoms with Crippen LogP contribution in [0.1, 0.15) is 163 Å². The molecule has 4 aromatic rings. The van der Waals surface area contributed by atoms with Crippen LogP contribution in [-0.2, 0) is 48.2 Å². The van der Waals surface area contributed by atoms with Crippen LogP contribution >= 0.6 is 11.8 Å². The van der Waals surface area contributed by atoms with E-state index < -0.39 is 12.0 Å². The maximum atomic E-state index is 13.0. The highest BCUT2D eigenvalue weighted by molar-refractivity contribution is 8.12. The zero-order valence-corrected chi connectivity index (χ0v) is 51.1. The largest absolute Gasteiger partial charge is 0.379 e. The van der Waals surface area contributed by atoms with Crippen LogP contribution < -0.4 is 22.1 Å². The fraction of sp³-hybridized carbons (Fsp3) is 0.565. The Morgan fingerprint density at radius 1 is 0.850 bits per heavy atom. The number of halogens is 2. The molecule has 0 spiro atoms. The van der Waals surface area contributed by atoms with Crippen molar-refractivity contribution in [2.75, 3.05) is 39.5 Å². The zero-order valence-electron chi connectivity index (χ0n) is 50.3. The number of aromatic nitrogens is 2. The van der Waals surface area contributed by atoms with E-state index in [1.165, 1.54) is 17.7 Å². The minimum atomic E-state index is -2.71. The van der Waals surface area contributed by atoms with Crippen LogP contribution in [-0.4, -0.2) is 107 Å². The molecule has 3 heterocycles. The zero-order chi connectivity index (χ0) is 60.2. The number of primary amides is 1. The van der Waals surface area contributed by atoms with Gasteiger partial charge in [-0.25, -0.2) is 8.78 Å². The quantitative estimate of drug-likeness (QED) is 0.0547. The van der Waals surface area contributed by atoms with Crippen LogP contribution in [0.5, 0.6) is 0 Å². The summed E-state index contributed by atoms with van der Waals surface area (Å²) in [5.74, 6) is -3.16. The number of aliphatic imine (C=N–C) groups is 1. The fourth-order valence-electron chi connectivity index (χ4n) is 8.28. The van der Waals surface area contributed by atoms with Gasteiger partial charge in [-0.2, -0.15) is 5.10 Å². The molecule has 18 heteroatoms. The van der Waals surface area contributed by atoms with Crippen molar-refractivity contribution in [2.24, 2.45) is 34.8 Å². The number of nitrogens with two attached hydrogens (primary N) is 2. The van der Waals surface area contributed by atoms with Gasteiger partial charge in [0.25, 0.3) is 11.8 Å². The lowest BCUT2D eigenvalue weighted by Crippen LogP contribution is -2.49. The highest BCUT2D eigenvalue weighted by Crippen LogP contribution is 2.37. The van der Waals surface area contributed by atoms with Gasteiger partial charge in [0.05, 0.1) is 42.4 Å². The Kier molecular flexibility index (Phi) is 31.5. The molecule has 1 saturated heterocycles. The van der Waals surface area contributed by atoms with Gasteiger partial charge in [0.1, 0.15) is 11.8 Å². The van der Waals surface area contributed by atoms with E-state index in [1.807, 2.05) is 111 Å². The Hall–Kier alpha value is -5.82. The third-order valence-corrected chi connectivity index (χ3v) is 14.6. The molecule has 4 unspecified atom stereocenters. The minimum absolute atomic E-state index is 0.00496. The van der Waals surface area contributed by atoms with Crippen molar-refractivity contribution in [2.45, 2.75) is 171 Å². The molecule has 5 atom stereocenters. The van der Waals surface area contributed by atoms with Gasteiger partial charge in [-0.15, -0.1) is 11.8 Å². The number of thioether (sulfide) groups is 1. The summed E-state index contributed by atoms with van der Waals surface area (Å²) in [7, 11) is 1.90. The number of hydrogen-bond acceptors (Lipinski definition) is 11. The molecule has 80 heavy (non-hydrogen) atoms. The number of carbonyl (C=O) groups is 5. The molecule has 1 fully saturated rings. The fourth-order valence-corrected chi connectivity index (χ4v) is 9.28. The summed E-state index contributed by atoms with van der Waals surface area (Å²) >= 11 is 1.74. The molecule has 4 amide bonds. The number of rotatable bonds is 22. The van der Waals surface area contributed by atoms with Gasteiger partial charge in [0, 0.05) is 87.9 Å². The number of aryl methyl sites for hydroxylation is 4. The number of ketones is 1. The summed E-state index contributed by atoms with van der Waals surface area (Å²) < 4.78 is 37.7. The summed E-state index contributed by atoms with van der Waals surface area (Å²) in [6, 6.07) is 20.0. The van der Waals surface area contributed by atoms with Crippen molar-refractivity contribution in [1.82, 2.24) is 25.3 Å². The molecule has 2 aliphatic heterocycles. The summed E-state index contributed by atoms with van der Waals surface area (Å²) in [6.45, 7) is 28.3. The number of likely N-dealkylation sites (tertiary alicyclic amines) is 1. The lowest BCUT2D eigenvalue weighted by Gasteiger charge is -2.32. The molecule has 0 saturated carbocycles. The number of amides is 4. The predicted molar refractivity (Wildman–Crippen MR) is 321 cm³/mol. The molecule has 6 rings (SSSR count). The van der Waals surface area contributed by atoms with Crippen molar-refractivity contribution in [1.29, 1.82) is 0 Å². The maximum absolute atomic E-state index is 13.0. The van der Waals surface area contributed by atoms with Crippen LogP contribution in [0.25, 0.3) is 11.1 Å². The highest BCUT2D eigenvalue weighted by atomic mass is 32.2. The van der Waals surface area contributed by atoms with E-state index in [0.29, 0.717) is 69.5 Å². The van der Waals surface area contributed by atoms with Crippen LogP contribution in [0.15, 0.2) is 77.9 Å². The summed E-state index contributed by atoms with van der Waals surface area (Å²) in [4.78, 5) is 65.1. The minimum Gasteiger partial charge on any atom is -0.379 e. The Labute approximate surface area is 480 Å². The van der Waals surface area contributed by atoms with Crippen LogP contribution in [0.3, 0.4) is 0 Å². The molecular formula is C62H94F2N8O7S. The SMILES string of the molecule is CC.CC(=O)CCCCCC(N)=O.CC1N=CSC1c1ccc(CNC(=O)C2C[C@@H](N)CN2C(=O)C(C)C(C)(C)C)cc1.CCCOCCOCCNC(=O)c1ccc(C)c(-c2cn(C)nc2C)c1.Cc1ccc(C(C)(F)F)cc1.